The number of carbonyl (C=O) groups is 2. The molecule has 0 saturated carbocycles. The lowest BCUT2D eigenvalue weighted by molar-refractivity contribution is 0.0505. The number of amides is 1. The van der Waals surface area contributed by atoms with Crippen LogP contribution in [0.15, 0.2) is 47.3 Å². The second-order valence-corrected chi connectivity index (χ2v) is 6.79. The van der Waals surface area contributed by atoms with E-state index in [0.717, 1.165) is 6.42 Å². The Morgan fingerprint density at radius 1 is 1.10 bits per heavy atom. The van der Waals surface area contributed by atoms with E-state index in [0.29, 0.717) is 45.6 Å². The number of hydrogen-bond acceptors (Lipinski definition) is 5. The summed E-state index contributed by atoms with van der Waals surface area (Å²) in [6, 6.07) is 11.3. The molecule has 0 atom stereocenters. The van der Waals surface area contributed by atoms with Gasteiger partial charge in [0.05, 0.1) is 23.1 Å². The molecule has 29 heavy (non-hydrogen) atoms. The molecule has 0 aliphatic heterocycles. The molecule has 0 bridgehead atoms. The molecule has 0 radical (unpaired) electrons. The minimum absolute atomic E-state index is 0.191. The molecular weight excluding hydrogens is 390 g/mol. The molecule has 1 amide bonds. The maximum atomic E-state index is 12.6. The standard InChI is InChI=1S/C21H21N3O4S/c1-3-11-28-20(27)13-5-8-15(9-6-13)22-18(25)14-7-10-16-17(12-14)23-21(29)24(4-2)19(16)26/h5-10,12H,3-4,11H2,1-2H3,(H,22,25)(H,23,29). The van der Waals surface area contributed by atoms with E-state index in [1.165, 1.54) is 4.57 Å². The van der Waals surface area contributed by atoms with Crippen molar-refractivity contribution in [1.29, 1.82) is 0 Å². The van der Waals surface area contributed by atoms with Gasteiger partial charge in [-0.25, -0.2) is 4.79 Å². The number of nitrogens with one attached hydrogen (secondary N) is 2. The number of rotatable bonds is 6. The van der Waals surface area contributed by atoms with Crippen LogP contribution < -0.4 is 10.9 Å². The summed E-state index contributed by atoms with van der Waals surface area (Å²) in [4.78, 5) is 39.9. The second kappa shape index (κ2) is 8.83. The highest BCUT2D eigenvalue weighted by molar-refractivity contribution is 7.71. The van der Waals surface area contributed by atoms with Crippen molar-refractivity contribution in [3.8, 4) is 0 Å². The van der Waals surface area contributed by atoms with Crippen LogP contribution in [0.3, 0.4) is 0 Å². The van der Waals surface area contributed by atoms with Crippen molar-refractivity contribution in [1.82, 2.24) is 9.55 Å². The smallest absolute Gasteiger partial charge is 0.338 e. The van der Waals surface area contributed by atoms with Crippen LogP contribution >= 0.6 is 12.2 Å². The topological polar surface area (TPSA) is 93.2 Å². The average molecular weight is 411 g/mol. The van der Waals surface area contributed by atoms with E-state index in [9.17, 15) is 14.4 Å². The Morgan fingerprint density at radius 2 is 1.79 bits per heavy atom. The Labute approximate surface area is 172 Å². The van der Waals surface area contributed by atoms with Gasteiger partial charge < -0.3 is 15.0 Å². The Hall–Kier alpha value is -3.26. The van der Waals surface area contributed by atoms with Crippen LogP contribution in [0.2, 0.25) is 0 Å². The molecule has 0 unspecified atom stereocenters. The molecule has 3 aromatic rings. The first kappa shape index (κ1) is 20.5. The molecule has 0 saturated heterocycles. The fourth-order valence-electron chi connectivity index (χ4n) is 2.85. The molecule has 0 spiro atoms. The van der Waals surface area contributed by atoms with Gasteiger partial charge in [0, 0.05) is 17.8 Å². The average Bonchev–Trinajstić information content (AvgIpc) is 2.72. The van der Waals surface area contributed by atoms with Crippen LogP contribution in [-0.4, -0.2) is 28.0 Å². The van der Waals surface area contributed by atoms with E-state index < -0.39 is 5.97 Å². The Balaban J connectivity index is 1.80. The molecular formula is C21H21N3O4S. The van der Waals surface area contributed by atoms with Gasteiger partial charge in [-0.1, -0.05) is 6.92 Å². The predicted molar refractivity (Wildman–Crippen MR) is 114 cm³/mol. The molecule has 0 aliphatic rings. The van der Waals surface area contributed by atoms with Crippen molar-refractivity contribution in [3.63, 3.8) is 0 Å². The summed E-state index contributed by atoms with van der Waals surface area (Å²) in [6.45, 7) is 4.60. The quantitative estimate of drug-likeness (QED) is 0.474. The highest BCUT2D eigenvalue weighted by Gasteiger charge is 2.11. The lowest BCUT2D eigenvalue weighted by atomic mass is 10.1. The number of anilines is 1. The van der Waals surface area contributed by atoms with Gasteiger partial charge >= 0.3 is 5.97 Å². The largest absolute Gasteiger partial charge is 0.462 e. The SMILES string of the molecule is CCCOC(=O)c1ccc(NC(=O)c2ccc3c(=O)n(CC)c(=S)[nH]c3c2)cc1. The molecule has 7 nitrogen and oxygen atoms in total. The predicted octanol–water partition coefficient (Wildman–Crippen LogP) is 3.90. The second-order valence-electron chi connectivity index (χ2n) is 6.41. The summed E-state index contributed by atoms with van der Waals surface area (Å²) in [5.41, 5.74) is 1.65. The van der Waals surface area contributed by atoms with E-state index in [2.05, 4.69) is 10.3 Å². The van der Waals surface area contributed by atoms with Crippen molar-refractivity contribution >= 4 is 40.7 Å². The Kier molecular flexibility index (Phi) is 6.23. The summed E-state index contributed by atoms with van der Waals surface area (Å²) in [5.74, 6) is -0.737. The summed E-state index contributed by atoms with van der Waals surface area (Å²) in [6.07, 6.45) is 0.752. The summed E-state index contributed by atoms with van der Waals surface area (Å²) >= 11 is 5.21. The third-order valence-electron chi connectivity index (χ3n) is 4.38. The van der Waals surface area contributed by atoms with Crippen LogP contribution in [0.5, 0.6) is 0 Å². The first-order valence-electron chi connectivity index (χ1n) is 9.30. The van der Waals surface area contributed by atoms with Gasteiger partial charge in [0.25, 0.3) is 11.5 Å². The van der Waals surface area contributed by atoms with E-state index >= 15 is 0 Å². The van der Waals surface area contributed by atoms with Gasteiger partial charge in [-0.15, -0.1) is 0 Å². The molecule has 150 valence electrons. The number of aromatic amines is 1. The summed E-state index contributed by atoms with van der Waals surface area (Å²) in [7, 11) is 0. The number of ether oxygens (including phenoxy) is 1. The van der Waals surface area contributed by atoms with E-state index in [1.807, 2.05) is 13.8 Å². The zero-order valence-electron chi connectivity index (χ0n) is 16.2. The van der Waals surface area contributed by atoms with Crippen LogP contribution in [0.1, 0.15) is 41.0 Å². The minimum Gasteiger partial charge on any atom is -0.462 e. The molecule has 0 aliphatic carbocycles. The molecule has 3 rings (SSSR count). The number of H-pyrrole nitrogens is 1. The molecule has 2 N–H and O–H groups in total. The lowest BCUT2D eigenvalue weighted by Gasteiger charge is -2.09. The number of esters is 1. The van der Waals surface area contributed by atoms with Crippen molar-refractivity contribution in [2.24, 2.45) is 0 Å². The van der Waals surface area contributed by atoms with E-state index in [1.54, 1.807) is 42.5 Å². The monoisotopic (exact) mass is 411 g/mol. The number of fused-ring (bicyclic) bond motifs is 1. The number of aromatic nitrogens is 2. The van der Waals surface area contributed by atoms with Gasteiger partial charge in [-0.3, -0.25) is 14.2 Å². The lowest BCUT2D eigenvalue weighted by Crippen LogP contribution is -2.21. The number of nitrogens with zero attached hydrogens (tertiary/aromatic N) is 1. The van der Waals surface area contributed by atoms with Gasteiger partial charge in [0.2, 0.25) is 0 Å². The van der Waals surface area contributed by atoms with Crippen LogP contribution in [-0.2, 0) is 11.3 Å². The summed E-state index contributed by atoms with van der Waals surface area (Å²) < 4.78 is 6.85. The van der Waals surface area contributed by atoms with Gasteiger partial charge in [-0.05, 0) is 68.0 Å². The first-order chi connectivity index (χ1) is 13.9. The van der Waals surface area contributed by atoms with Crippen LogP contribution in [0.4, 0.5) is 5.69 Å². The molecule has 1 heterocycles. The fourth-order valence-corrected chi connectivity index (χ4v) is 3.18. The minimum atomic E-state index is -0.396. The third kappa shape index (κ3) is 4.43. The zero-order valence-corrected chi connectivity index (χ0v) is 17.0. The van der Waals surface area contributed by atoms with Crippen LogP contribution in [0, 0.1) is 4.77 Å². The number of benzene rings is 2. The van der Waals surface area contributed by atoms with Gasteiger partial charge in [-0.2, -0.15) is 0 Å². The molecule has 1 aromatic heterocycles. The first-order valence-corrected chi connectivity index (χ1v) is 9.70. The van der Waals surface area contributed by atoms with Crippen LogP contribution in [0.25, 0.3) is 10.9 Å². The zero-order chi connectivity index (χ0) is 21.0. The van der Waals surface area contributed by atoms with Crippen molar-refractivity contribution < 1.29 is 14.3 Å². The van der Waals surface area contributed by atoms with Gasteiger partial charge in [0.15, 0.2) is 4.77 Å². The third-order valence-corrected chi connectivity index (χ3v) is 4.70. The molecule has 8 heteroatoms. The highest BCUT2D eigenvalue weighted by atomic mass is 32.1. The van der Waals surface area contributed by atoms with Crippen molar-refractivity contribution in [2.75, 3.05) is 11.9 Å². The van der Waals surface area contributed by atoms with Crippen molar-refractivity contribution in [3.05, 3.63) is 68.7 Å². The maximum absolute atomic E-state index is 12.6. The van der Waals surface area contributed by atoms with Crippen molar-refractivity contribution in [2.45, 2.75) is 26.8 Å². The summed E-state index contributed by atoms with van der Waals surface area (Å²) in [5, 5.41) is 3.23. The van der Waals surface area contributed by atoms with E-state index in [4.69, 9.17) is 17.0 Å². The molecule has 2 aromatic carbocycles. The Bertz CT molecular complexity index is 1180. The van der Waals surface area contributed by atoms with Gasteiger partial charge in [0.1, 0.15) is 0 Å². The normalized spacial score (nSPS) is 10.7. The van der Waals surface area contributed by atoms with E-state index in [-0.39, 0.29) is 11.5 Å². The fraction of sp³-hybridized carbons (Fsp3) is 0.238. The molecule has 0 fully saturated rings. The Morgan fingerprint density at radius 3 is 2.45 bits per heavy atom. The number of hydrogen-bond donors (Lipinski definition) is 2. The maximum Gasteiger partial charge on any atom is 0.338 e. The number of carbonyl (C=O) groups excluding carboxylic acids is 2. The highest BCUT2D eigenvalue weighted by Crippen LogP contribution is 2.15.